The number of alkyl halides is 3. The highest BCUT2D eigenvalue weighted by Gasteiger charge is 2.44. The Labute approximate surface area is 256 Å². The number of nitrogens with one attached hydrogen (secondary N) is 2. The van der Waals surface area contributed by atoms with Crippen molar-refractivity contribution in [3.63, 3.8) is 0 Å². The topological polar surface area (TPSA) is 92.2 Å². The van der Waals surface area contributed by atoms with E-state index in [0.717, 1.165) is 24.9 Å². The molecule has 2 aliphatic carbocycles. The van der Waals surface area contributed by atoms with Crippen molar-refractivity contribution in [1.82, 2.24) is 30.3 Å². The van der Waals surface area contributed by atoms with E-state index >= 15 is 0 Å². The minimum atomic E-state index is -4.89. The molecule has 3 aliphatic rings. The van der Waals surface area contributed by atoms with Crippen molar-refractivity contribution < 1.29 is 22.8 Å². The molecule has 1 aliphatic heterocycles. The van der Waals surface area contributed by atoms with E-state index in [1.54, 1.807) is 12.7 Å². The zero-order valence-corrected chi connectivity index (χ0v) is 25.3. The maximum atomic E-state index is 14.1. The van der Waals surface area contributed by atoms with Crippen LogP contribution in [0, 0.1) is 11.3 Å². The standard InChI is InChI=1S/C31H42ClF3N6O2/c32-24-8-6-22(7-9-24)18-27(38-25-10-12-26(13-11-25)39-29(43)31(33,34)35)28(42)40-16-14-30(15-17-40,19-41-21-36-20-37-41)23-4-2-1-3-5-23/h6-9,20-21,23,25-27,38H,1-5,10-19H2,(H,39,43)/t25-,26-,27-/m1/s1. The summed E-state index contributed by atoms with van der Waals surface area (Å²) in [5.41, 5.74) is 1.07. The summed E-state index contributed by atoms with van der Waals surface area (Å²) < 4.78 is 40.1. The molecule has 43 heavy (non-hydrogen) atoms. The molecule has 12 heteroatoms. The van der Waals surface area contributed by atoms with Gasteiger partial charge in [0, 0.05) is 36.7 Å². The molecule has 2 saturated carbocycles. The fraction of sp³-hybridized carbons (Fsp3) is 0.677. The number of likely N-dealkylation sites (tertiary alicyclic amines) is 1. The van der Waals surface area contributed by atoms with Crippen LogP contribution in [0.1, 0.15) is 76.2 Å². The summed E-state index contributed by atoms with van der Waals surface area (Å²) in [7, 11) is 0. The molecule has 0 radical (unpaired) electrons. The second kappa shape index (κ2) is 14.0. The van der Waals surface area contributed by atoms with Crippen molar-refractivity contribution in [1.29, 1.82) is 0 Å². The number of aromatic nitrogens is 3. The maximum absolute atomic E-state index is 14.1. The summed E-state index contributed by atoms with van der Waals surface area (Å²) in [5.74, 6) is -1.22. The molecule has 2 amide bonds. The molecule has 0 bridgehead atoms. The molecule has 1 atom stereocenters. The van der Waals surface area contributed by atoms with Gasteiger partial charge in [0.15, 0.2) is 0 Å². The van der Waals surface area contributed by atoms with Gasteiger partial charge in [-0.05, 0) is 86.8 Å². The Kier molecular flexibility index (Phi) is 10.3. The fourth-order valence-corrected chi connectivity index (χ4v) is 7.60. The van der Waals surface area contributed by atoms with Gasteiger partial charge in [0.25, 0.3) is 0 Å². The van der Waals surface area contributed by atoms with Gasteiger partial charge in [0.05, 0.1) is 6.04 Å². The third-order valence-corrected chi connectivity index (χ3v) is 10.1. The van der Waals surface area contributed by atoms with E-state index in [4.69, 9.17) is 11.6 Å². The van der Waals surface area contributed by atoms with Gasteiger partial charge in [0.2, 0.25) is 5.91 Å². The first-order valence-electron chi connectivity index (χ1n) is 15.6. The maximum Gasteiger partial charge on any atom is 0.471 e. The lowest BCUT2D eigenvalue weighted by Gasteiger charge is -2.48. The Bertz CT molecular complexity index is 1190. The molecule has 8 nitrogen and oxygen atoms in total. The molecule has 0 spiro atoms. The second-order valence-electron chi connectivity index (χ2n) is 12.7. The molecular formula is C31H42ClF3N6O2. The number of carbonyl (C=O) groups excluding carboxylic acids is 2. The summed E-state index contributed by atoms with van der Waals surface area (Å²) >= 11 is 6.11. The molecule has 2 aromatic rings. The molecule has 2 N–H and O–H groups in total. The zero-order valence-electron chi connectivity index (χ0n) is 24.5. The summed E-state index contributed by atoms with van der Waals surface area (Å²) in [6, 6.07) is 6.47. The third kappa shape index (κ3) is 8.29. The first kappa shape index (κ1) is 31.8. The summed E-state index contributed by atoms with van der Waals surface area (Å²) in [6.45, 7) is 2.18. The number of amides is 2. The number of piperidine rings is 1. The Morgan fingerprint density at radius 2 is 1.63 bits per heavy atom. The molecule has 236 valence electrons. The SMILES string of the molecule is O=C([C@@H](Cc1ccc(Cl)cc1)N[C@H]1CC[C@H](NC(=O)C(F)(F)F)CC1)N1CCC(Cn2cncn2)(C2CCCCC2)CC1. The van der Waals surface area contributed by atoms with Crippen molar-refractivity contribution in [3.05, 3.63) is 47.5 Å². The highest BCUT2D eigenvalue weighted by atomic mass is 35.5. The number of benzene rings is 1. The number of hydrogen-bond donors (Lipinski definition) is 2. The predicted octanol–water partition coefficient (Wildman–Crippen LogP) is 5.31. The number of carbonyl (C=O) groups is 2. The van der Waals surface area contributed by atoms with Crippen LogP contribution in [0.2, 0.25) is 5.02 Å². The Morgan fingerprint density at radius 3 is 2.23 bits per heavy atom. The van der Waals surface area contributed by atoms with Gasteiger partial charge >= 0.3 is 12.1 Å². The molecular weight excluding hydrogens is 581 g/mol. The first-order chi connectivity index (χ1) is 20.6. The molecule has 0 unspecified atom stereocenters. The average Bonchev–Trinajstić information content (AvgIpc) is 3.52. The van der Waals surface area contributed by atoms with E-state index in [1.807, 2.05) is 33.8 Å². The van der Waals surface area contributed by atoms with Crippen LogP contribution in [0.15, 0.2) is 36.9 Å². The van der Waals surface area contributed by atoms with Crippen molar-refractivity contribution >= 4 is 23.4 Å². The smallest absolute Gasteiger partial charge is 0.346 e. The average molecular weight is 623 g/mol. The summed E-state index contributed by atoms with van der Waals surface area (Å²) in [4.78, 5) is 31.6. The largest absolute Gasteiger partial charge is 0.471 e. The summed E-state index contributed by atoms with van der Waals surface area (Å²) in [5, 5.41) is 10.7. The van der Waals surface area contributed by atoms with Crippen LogP contribution >= 0.6 is 11.6 Å². The van der Waals surface area contributed by atoms with E-state index in [0.29, 0.717) is 56.1 Å². The monoisotopic (exact) mass is 622 g/mol. The van der Waals surface area contributed by atoms with Crippen LogP contribution < -0.4 is 10.6 Å². The normalized spacial score (nSPS) is 24.0. The molecule has 5 rings (SSSR count). The highest BCUT2D eigenvalue weighted by Crippen LogP contribution is 2.47. The van der Waals surface area contributed by atoms with Crippen molar-refractivity contribution in [2.75, 3.05) is 13.1 Å². The van der Waals surface area contributed by atoms with Gasteiger partial charge in [-0.1, -0.05) is 43.0 Å². The minimum Gasteiger partial charge on any atom is -0.346 e. The van der Waals surface area contributed by atoms with Crippen LogP contribution in [0.25, 0.3) is 0 Å². The van der Waals surface area contributed by atoms with E-state index in [9.17, 15) is 22.8 Å². The summed E-state index contributed by atoms with van der Waals surface area (Å²) in [6.07, 6.45) is 9.05. The van der Waals surface area contributed by atoms with Crippen molar-refractivity contribution in [2.24, 2.45) is 11.3 Å². The van der Waals surface area contributed by atoms with Gasteiger partial charge in [0.1, 0.15) is 12.7 Å². The van der Waals surface area contributed by atoms with Crippen LogP contribution in [-0.2, 0) is 22.6 Å². The minimum absolute atomic E-state index is 0.0290. The molecule has 2 heterocycles. The van der Waals surface area contributed by atoms with Gasteiger partial charge < -0.3 is 15.5 Å². The predicted molar refractivity (Wildman–Crippen MR) is 157 cm³/mol. The third-order valence-electron chi connectivity index (χ3n) is 9.89. The fourth-order valence-electron chi connectivity index (χ4n) is 7.47. The first-order valence-corrected chi connectivity index (χ1v) is 16.0. The quantitative estimate of drug-likeness (QED) is 0.396. The lowest BCUT2D eigenvalue weighted by atomic mass is 9.63. The van der Waals surface area contributed by atoms with Crippen LogP contribution in [-0.4, -0.2) is 68.9 Å². The molecule has 1 aromatic heterocycles. The van der Waals surface area contributed by atoms with Crippen LogP contribution in [0.4, 0.5) is 13.2 Å². The van der Waals surface area contributed by atoms with E-state index in [1.165, 1.54) is 32.1 Å². The Morgan fingerprint density at radius 1 is 0.977 bits per heavy atom. The van der Waals surface area contributed by atoms with Gasteiger partial charge in [-0.2, -0.15) is 18.3 Å². The second-order valence-corrected chi connectivity index (χ2v) is 13.1. The molecule has 3 fully saturated rings. The number of halogens is 4. The van der Waals surface area contributed by atoms with E-state index < -0.39 is 24.2 Å². The van der Waals surface area contributed by atoms with Crippen LogP contribution in [0.5, 0.6) is 0 Å². The van der Waals surface area contributed by atoms with Gasteiger partial charge in [-0.15, -0.1) is 0 Å². The van der Waals surface area contributed by atoms with E-state index in [2.05, 4.69) is 20.7 Å². The molecule has 1 saturated heterocycles. The number of rotatable bonds is 9. The lowest BCUT2D eigenvalue weighted by Crippen LogP contribution is -2.56. The van der Waals surface area contributed by atoms with E-state index in [-0.39, 0.29) is 17.4 Å². The number of nitrogens with zero attached hydrogens (tertiary/aromatic N) is 4. The Hall–Kier alpha value is -2.66. The van der Waals surface area contributed by atoms with Gasteiger partial charge in [-0.25, -0.2) is 4.98 Å². The highest BCUT2D eigenvalue weighted by molar-refractivity contribution is 6.30. The van der Waals surface area contributed by atoms with Gasteiger partial charge in [-0.3, -0.25) is 14.3 Å². The number of hydrogen-bond acceptors (Lipinski definition) is 5. The van der Waals surface area contributed by atoms with Crippen molar-refractivity contribution in [3.8, 4) is 0 Å². The van der Waals surface area contributed by atoms with Crippen molar-refractivity contribution in [2.45, 2.75) is 108 Å². The lowest BCUT2D eigenvalue weighted by molar-refractivity contribution is -0.174. The zero-order chi connectivity index (χ0) is 30.5. The molecule has 1 aromatic carbocycles. The van der Waals surface area contributed by atoms with Crippen LogP contribution in [0.3, 0.4) is 0 Å². The Balaban J connectivity index is 1.24.